The van der Waals surface area contributed by atoms with Crippen molar-refractivity contribution in [3.8, 4) is 0 Å². The van der Waals surface area contributed by atoms with Gasteiger partial charge in [0.1, 0.15) is 0 Å². The summed E-state index contributed by atoms with van der Waals surface area (Å²) in [6.45, 7) is 5.34. The number of benzene rings is 1. The molecule has 0 saturated carbocycles. The van der Waals surface area contributed by atoms with Crippen LogP contribution in [0.2, 0.25) is 5.02 Å². The lowest BCUT2D eigenvalue weighted by Gasteiger charge is -2.26. The first-order valence-corrected chi connectivity index (χ1v) is 7.11. The van der Waals surface area contributed by atoms with Crippen molar-refractivity contribution in [1.82, 2.24) is 4.90 Å². The molecule has 0 atom stereocenters. The van der Waals surface area contributed by atoms with E-state index in [-0.39, 0.29) is 5.56 Å². The number of morpholine rings is 1. The quantitative estimate of drug-likeness (QED) is 0.788. The molecular formula is C14H19ClN2O3. The zero-order valence-corrected chi connectivity index (χ0v) is 12.0. The molecular weight excluding hydrogens is 280 g/mol. The molecule has 5 nitrogen and oxygen atoms in total. The highest BCUT2D eigenvalue weighted by Gasteiger charge is 2.10. The predicted octanol–water partition coefficient (Wildman–Crippen LogP) is 2.17. The summed E-state index contributed by atoms with van der Waals surface area (Å²) in [5.41, 5.74) is 0.915. The van der Waals surface area contributed by atoms with Crippen molar-refractivity contribution in [2.45, 2.75) is 6.42 Å². The number of carbonyl (C=O) groups is 1. The zero-order valence-electron chi connectivity index (χ0n) is 11.3. The SMILES string of the molecule is O=C(O)c1ccc(Cl)c(NCCCN2CCOCC2)c1. The number of nitrogens with zero attached hydrogens (tertiary/aromatic N) is 1. The second-order valence-corrected chi connectivity index (χ2v) is 5.14. The van der Waals surface area contributed by atoms with Crippen LogP contribution in [0.5, 0.6) is 0 Å². The van der Waals surface area contributed by atoms with Crippen molar-refractivity contribution in [2.24, 2.45) is 0 Å². The Morgan fingerprint density at radius 2 is 2.15 bits per heavy atom. The van der Waals surface area contributed by atoms with Crippen molar-refractivity contribution in [1.29, 1.82) is 0 Å². The van der Waals surface area contributed by atoms with Crippen LogP contribution in [0.15, 0.2) is 18.2 Å². The number of hydrogen-bond acceptors (Lipinski definition) is 4. The number of ether oxygens (including phenoxy) is 1. The van der Waals surface area contributed by atoms with E-state index in [0.29, 0.717) is 10.7 Å². The van der Waals surface area contributed by atoms with Gasteiger partial charge in [-0.15, -0.1) is 0 Å². The van der Waals surface area contributed by atoms with E-state index in [1.807, 2.05) is 0 Å². The summed E-state index contributed by atoms with van der Waals surface area (Å²) in [4.78, 5) is 13.3. The van der Waals surface area contributed by atoms with Crippen LogP contribution >= 0.6 is 11.6 Å². The van der Waals surface area contributed by atoms with Gasteiger partial charge < -0.3 is 15.2 Å². The lowest BCUT2D eigenvalue weighted by Crippen LogP contribution is -2.37. The normalized spacial score (nSPS) is 16.1. The number of carboxylic acid groups (broad SMARTS) is 1. The highest BCUT2D eigenvalue weighted by atomic mass is 35.5. The molecule has 1 saturated heterocycles. The number of halogens is 1. The van der Waals surface area contributed by atoms with Crippen molar-refractivity contribution >= 4 is 23.3 Å². The van der Waals surface area contributed by atoms with Gasteiger partial charge in [0.15, 0.2) is 0 Å². The molecule has 2 N–H and O–H groups in total. The molecule has 0 spiro atoms. The molecule has 20 heavy (non-hydrogen) atoms. The number of aromatic carboxylic acids is 1. The molecule has 2 rings (SSSR count). The van der Waals surface area contributed by atoms with E-state index in [4.69, 9.17) is 21.4 Å². The first-order valence-electron chi connectivity index (χ1n) is 6.73. The van der Waals surface area contributed by atoms with Crippen molar-refractivity contribution in [3.05, 3.63) is 28.8 Å². The van der Waals surface area contributed by atoms with E-state index in [1.165, 1.54) is 6.07 Å². The Labute approximate surface area is 123 Å². The topological polar surface area (TPSA) is 61.8 Å². The Bertz CT molecular complexity index is 462. The minimum absolute atomic E-state index is 0.241. The number of anilines is 1. The third-order valence-corrected chi connectivity index (χ3v) is 3.61. The first-order chi connectivity index (χ1) is 9.66. The van der Waals surface area contributed by atoms with Gasteiger partial charge in [-0.3, -0.25) is 4.90 Å². The first kappa shape index (κ1) is 15.1. The van der Waals surface area contributed by atoms with Gasteiger partial charge in [0.05, 0.1) is 29.5 Å². The summed E-state index contributed by atoms with van der Waals surface area (Å²) in [7, 11) is 0. The van der Waals surface area contributed by atoms with Gasteiger partial charge in [-0.05, 0) is 31.2 Å². The summed E-state index contributed by atoms with van der Waals surface area (Å²) in [6, 6.07) is 4.68. The van der Waals surface area contributed by atoms with E-state index in [0.717, 1.165) is 45.8 Å². The monoisotopic (exact) mass is 298 g/mol. The summed E-state index contributed by atoms with van der Waals surface area (Å²) < 4.78 is 5.30. The molecule has 1 fully saturated rings. The standard InChI is InChI=1S/C14H19ClN2O3/c15-12-3-2-11(14(18)19)10-13(12)16-4-1-5-17-6-8-20-9-7-17/h2-3,10,16H,1,4-9H2,(H,18,19). The molecule has 1 heterocycles. The van der Waals surface area contributed by atoms with E-state index in [9.17, 15) is 4.79 Å². The second kappa shape index (κ2) is 7.47. The maximum absolute atomic E-state index is 10.9. The molecule has 0 bridgehead atoms. The van der Waals surface area contributed by atoms with Crippen LogP contribution in [-0.2, 0) is 4.74 Å². The highest BCUT2D eigenvalue weighted by molar-refractivity contribution is 6.33. The molecule has 1 aliphatic rings. The Hall–Kier alpha value is -1.30. The summed E-state index contributed by atoms with van der Waals surface area (Å²) in [5, 5.41) is 12.7. The van der Waals surface area contributed by atoms with Crippen molar-refractivity contribution < 1.29 is 14.6 Å². The molecule has 1 aliphatic heterocycles. The maximum atomic E-state index is 10.9. The van der Waals surface area contributed by atoms with Gasteiger partial charge in [0, 0.05) is 19.6 Å². The van der Waals surface area contributed by atoms with Gasteiger partial charge in [-0.25, -0.2) is 4.79 Å². The smallest absolute Gasteiger partial charge is 0.335 e. The molecule has 6 heteroatoms. The highest BCUT2D eigenvalue weighted by Crippen LogP contribution is 2.23. The molecule has 0 radical (unpaired) electrons. The third-order valence-electron chi connectivity index (χ3n) is 3.28. The van der Waals surface area contributed by atoms with E-state index in [2.05, 4.69) is 10.2 Å². The number of nitrogens with one attached hydrogen (secondary N) is 1. The molecule has 110 valence electrons. The fourth-order valence-corrected chi connectivity index (χ4v) is 2.33. The van der Waals surface area contributed by atoms with Crippen LogP contribution in [-0.4, -0.2) is 55.4 Å². The van der Waals surface area contributed by atoms with Crippen LogP contribution in [0, 0.1) is 0 Å². The van der Waals surface area contributed by atoms with Crippen LogP contribution in [0.1, 0.15) is 16.8 Å². The number of rotatable bonds is 6. The fourth-order valence-electron chi connectivity index (χ4n) is 2.14. The van der Waals surface area contributed by atoms with Gasteiger partial charge in [0.2, 0.25) is 0 Å². The third kappa shape index (κ3) is 4.37. The Morgan fingerprint density at radius 3 is 2.85 bits per heavy atom. The average Bonchev–Trinajstić information content (AvgIpc) is 2.46. The summed E-state index contributed by atoms with van der Waals surface area (Å²) >= 11 is 6.05. The van der Waals surface area contributed by atoms with Crippen LogP contribution in [0.3, 0.4) is 0 Å². The second-order valence-electron chi connectivity index (χ2n) is 4.73. The molecule has 0 unspecified atom stereocenters. The van der Waals surface area contributed by atoms with Gasteiger partial charge >= 0.3 is 5.97 Å². The Kier molecular flexibility index (Phi) is 5.64. The lowest BCUT2D eigenvalue weighted by molar-refractivity contribution is 0.0378. The predicted molar refractivity (Wildman–Crippen MR) is 78.8 cm³/mol. The number of hydrogen-bond donors (Lipinski definition) is 2. The molecule has 0 aliphatic carbocycles. The fraction of sp³-hybridized carbons (Fsp3) is 0.500. The van der Waals surface area contributed by atoms with Crippen LogP contribution in [0.25, 0.3) is 0 Å². The molecule has 1 aromatic rings. The summed E-state index contributed by atoms with van der Waals surface area (Å²) in [5.74, 6) is -0.946. The summed E-state index contributed by atoms with van der Waals surface area (Å²) in [6.07, 6.45) is 0.980. The van der Waals surface area contributed by atoms with Crippen LogP contribution < -0.4 is 5.32 Å². The molecule has 1 aromatic carbocycles. The van der Waals surface area contributed by atoms with Gasteiger partial charge in [-0.2, -0.15) is 0 Å². The van der Waals surface area contributed by atoms with Gasteiger partial charge in [0.25, 0.3) is 0 Å². The zero-order chi connectivity index (χ0) is 14.4. The Morgan fingerprint density at radius 1 is 1.40 bits per heavy atom. The van der Waals surface area contributed by atoms with Crippen molar-refractivity contribution in [2.75, 3.05) is 44.7 Å². The van der Waals surface area contributed by atoms with Crippen molar-refractivity contribution in [3.63, 3.8) is 0 Å². The number of carboxylic acids is 1. The van der Waals surface area contributed by atoms with E-state index in [1.54, 1.807) is 12.1 Å². The minimum Gasteiger partial charge on any atom is -0.478 e. The van der Waals surface area contributed by atoms with Crippen LogP contribution in [0.4, 0.5) is 5.69 Å². The largest absolute Gasteiger partial charge is 0.478 e. The molecule has 0 aromatic heterocycles. The lowest BCUT2D eigenvalue weighted by atomic mass is 10.2. The average molecular weight is 299 g/mol. The molecule has 0 amide bonds. The van der Waals surface area contributed by atoms with E-state index < -0.39 is 5.97 Å². The minimum atomic E-state index is -0.946. The van der Waals surface area contributed by atoms with Gasteiger partial charge in [-0.1, -0.05) is 11.6 Å². The maximum Gasteiger partial charge on any atom is 0.335 e. The Balaban J connectivity index is 1.78. The van der Waals surface area contributed by atoms with E-state index >= 15 is 0 Å².